The van der Waals surface area contributed by atoms with Crippen LogP contribution in [0.3, 0.4) is 0 Å². The normalized spacial score (nSPS) is 11.3. The highest BCUT2D eigenvalue weighted by Gasteiger charge is 2.12. The smallest absolute Gasteiger partial charge is 0.159 e. The standard InChI is InChI=1S/C12H13BrN2O/c1-7(2)15-11-6-9(8(3)16)4-5-10(11)12(13)14-15/h4-7H,1-3H3. The molecule has 1 heterocycles. The molecule has 0 N–H and O–H groups in total. The van der Waals surface area contributed by atoms with Gasteiger partial charge >= 0.3 is 0 Å². The molecule has 4 heteroatoms. The van der Waals surface area contributed by atoms with Gasteiger partial charge in [-0.15, -0.1) is 0 Å². The molecular formula is C12H13BrN2O. The number of aromatic nitrogens is 2. The molecule has 2 aromatic rings. The number of fused-ring (bicyclic) bond motifs is 1. The number of benzene rings is 1. The predicted molar refractivity (Wildman–Crippen MR) is 67.8 cm³/mol. The summed E-state index contributed by atoms with van der Waals surface area (Å²) in [5.41, 5.74) is 1.72. The van der Waals surface area contributed by atoms with Crippen LogP contribution in [0.15, 0.2) is 22.8 Å². The molecule has 0 aliphatic carbocycles. The lowest BCUT2D eigenvalue weighted by Crippen LogP contribution is -2.03. The Balaban J connectivity index is 2.74. The van der Waals surface area contributed by atoms with Gasteiger partial charge in [-0.2, -0.15) is 5.10 Å². The van der Waals surface area contributed by atoms with Crippen LogP contribution in [0.2, 0.25) is 0 Å². The lowest BCUT2D eigenvalue weighted by molar-refractivity contribution is 0.101. The zero-order valence-electron chi connectivity index (χ0n) is 9.49. The van der Waals surface area contributed by atoms with Crippen LogP contribution in [-0.4, -0.2) is 15.6 Å². The van der Waals surface area contributed by atoms with E-state index >= 15 is 0 Å². The first kappa shape index (κ1) is 11.3. The van der Waals surface area contributed by atoms with Crippen molar-refractivity contribution in [2.24, 2.45) is 0 Å². The van der Waals surface area contributed by atoms with Crippen LogP contribution in [0.5, 0.6) is 0 Å². The Hall–Kier alpha value is -1.16. The molecule has 0 amide bonds. The summed E-state index contributed by atoms with van der Waals surface area (Å²) < 4.78 is 2.75. The molecule has 0 saturated carbocycles. The van der Waals surface area contributed by atoms with Gasteiger partial charge in [0.2, 0.25) is 0 Å². The maximum Gasteiger partial charge on any atom is 0.159 e. The summed E-state index contributed by atoms with van der Waals surface area (Å²) in [4.78, 5) is 11.3. The lowest BCUT2D eigenvalue weighted by atomic mass is 10.1. The Kier molecular flexibility index (Phi) is 2.84. The zero-order valence-corrected chi connectivity index (χ0v) is 11.1. The highest BCUT2D eigenvalue weighted by atomic mass is 79.9. The quantitative estimate of drug-likeness (QED) is 0.788. The van der Waals surface area contributed by atoms with Gasteiger partial charge in [-0.25, -0.2) is 0 Å². The second kappa shape index (κ2) is 4.01. The second-order valence-electron chi connectivity index (χ2n) is 4.12. The largest absolute Gasteiger partial charge is 0.295 e. The van der Waals surface area contributed by atoms with Crippen molar-refractivity contribution >= 4 is 32.6 Å². The van der Waals surface area contributed by atoms with Crippen LogP contribution in [-0.2, 0) is 0 Å². The Morgan fingerprint density at radius 3 is 2.69 bits per heavy atom. The van der Waals surface area contributed by atoms with Crippen molar-refractivity contribution in [1.29, 1.82) is 0 Å². The van der Waals surface area contributed by atoms with Crippen LogP contribution in [0, 0.1) is 0 Å². The van der Waals surface area contributed by atoms with E-state index in [0.29, 0.717) is 0 Å². The Bertz CT molecular complexity index is 557. The summed E-state index contributed by atoms with van der Waals surface area (Å²) in [7, 11) is 0. The van der Waals surface area contributed by atoms with E-state index < -0.39 is 0 Å². The molecule has 0 fully saturated rings. The highest BCUT2D eigenvalue weighted by Crippen LogP contribution is 2.26. The van der Waals surface area contributed by atoms with Crippen LogP contribution < -0.4 is 0 Å². The molecule has 0 spiro atoms. The maximum absolute atomic E-state index is 11.3. The number of Topliss-reactive ketones (excluding diaryl/α,β-unsaturated/α-hetero) is 1. The predicted octanol–water partition coefficient (Wildman–Crippen LogP) is 3.58. The minimum absolute atomic E-state index is 0.0783. The first-order chi connectivity index (χ1) is 7.50. The van der Waals surface area contributed by atoms with E-state index in [1.54, 1.807) is 6.92 Å². The SMILES string of the molecule is CC(=O)c1ccc2c(Br)nn(C(C)C)c2c1. The molecule has 0 aliphatic rings. The van der Waals surface area contributed by atoms with Crippen molar-refractivity contribution in [3.63, 3.8) is 0 Å². The van der Waals surface area contributed by atoms with Gasteiger partial charge in [0.25, 0.3) is 0 Å². The molecule has 0 radical (unpaired) electrons. The van der Waals surface area contributed by atoms with E-state index in [9.17, 15) is 4.79 Å². The van der Waals surface area contributed by atoms with Gasteiger partial charge in [-0.05, 0) is 48.8 Å². The fourth-order valence-electron chi connectivity index (χ4n) is 1.71. The summed E-state index contributed by atoms with van der Waals surface area (Å²) in [5, 5.41) is 5.45. The topological polar surface area (TPSA) is 34.9 Å². The van der Waals surface area contributed by atoms with Crippen molar-refractivity contribution in [2.45, 2.75) is 26.8 Å². The molecule has 0 atom stereocenters. The van der Waals surface area contributed by atoms with Crippen LogP contribution in [0.1, 0.15) is 37.2 Å². The molecule has 2 rings (SSSR count). The van der Waals surface area contributed by atoms with Gasteiger partial charge in [-0.3, -0.25) is 9.48 Å². The molecule has 84 valence electrons. The molecular weight excluding hydrogens is 268 g/mol. The van der Waals surface area contributed by atoms with Gasteiger partial charge in [0, 0.05) is 17.0 Å². The fraction of sp³-hybridized carbons (Fsp3) is 0.333. The van der Waals surface area contributed by atoms with E-state index in [1.165, 1.54) is 0 Å². The highest BCUT2D eigenvalue weighted by molar-refractivity contribution is 9.10. The number of hydrogen-bond acceptors (Lipinski definition) is 2. The third kappa shape index (κ3) is 1.78. The average molecular weight is 281 g/mol. The average Bonchev–Trinajstić information content (AvgIpc) is 2.56. The first-order valence-corrected chi connectivity index (χ1v) is 5.98. The van der Waals surface area contributed by atoms with E-state index in [2.05, 4.69) is 34.9 Å². The van der Waals surface area contributed by atoms with E-state index in [4.69, 9.17) is 0 Å². The second-order valence-corrected chi connectivity index (χ2v) is 4.87. The first-order valence-electron chi connectivity index (χ1n) is 5.19. The van der Waals surface area contributed by atoms with Crippen molar-refractivity contribution in [3.8, 4) is 0 Å². The number of carbonyl (C=O) groups excluding carboxylic acids is 1. The van der Waals surface area contributed by atoms with Crippen molar-refractivity contribution in [2.75, 3.05) is 0 Å². The number of carbonyl (C=O) groups is 1. The summed E-state index contributed by atoms with van der Waals surface area (Å²) in [5.74, 6) is 0.0783. The Morgan fingerprint density at radius 2 is 2.12 bits per heavy atom. The molecule has 3 nitrogen and oxygen atoms in total. The minimum atomic E-state index is 0.0783. The molecule has 0 bridgehead atoms. The number of ketones is 1. The lowest BCUT2D eigenvalue weighted by Gasteiger charge is -2.07. The van der Waals surface area contributed by atoms with Gasteiger partial charge < -0.3 is 0 Å². The maximum atomic E-state index is 11.3. The summed E-state index contributed by atoms with van der Waals surface area (Å²) >= 11 is 3.43. The van der Waals surface area contributed by atoms with Crippen LogP contribution in [0.25, 0.3) is 10.9 Å². The number of halogens is 1. The third-order valence-electron chi connectivity index (χ3n) is 2.56. The zero-order chi connectivity index (χ0) is 11.9. The number of hydrogen-bond donors (Lipinski definition) is 0. The van der Waals surface area contributed by atoms with E-state index in [0.717, 1.165) is 21.1 Å². The van der Waals surface area contributed by atoms with Gasteiger partial charge in [0.15, 0.2) is 5.78 Å². The van der Waals surface area contributed by atoms with Gasteiger partial charge in [-0.1, -0.05) is 6.07 Å². The molecule has 0 unspecified atom stereocenters. The van der Waals surface area contributed by atoms with Crippen molar-refractivity contribution in [3.05, 3.63) is 28.4 Å². The summed E-state index contributed by atoms with van der Waals surface area (Å²) in [6, 6.07) is 5.94. The molecule has 0 aliphatic heterocycles. The summed E-state index contributed by atoms with van der Waals surface area (Å²) in [6.45, 7) is 5.71. The van der Waals surface area contributed by atoms with Crippen LogP contribution >= 0.6 is 15.9 Å². The van der Waals surface area contributed by atoms with Crippen LogP contribution in [0.4, 0.5) is 0 Å². The van der Waals surface area contributed by atoms with Gasteiger partial charge in [0.1, 0.15) is 4.60 Å². The molecule has 16 heavy (non-hydrogen) atoms. The number of nitrogens with zero attached hydrogens (tertiary/aromatic N) is 2. The summed E-state index contributed by atoms with van der Waals surface area (Å²) in [6.07, 6.45) is 0. The number of rotatable bonds is 2. The van der Waals surface area contributed by atoms with E-state index in [1.807, 2.05) is 22.9 Å². The van der Waals surface area contributed by atoms with Crippen molar-refractivity contribution < 1.29 is 4.79 Å². The van der Waals surface area contributed by atoms with Gasteiger partial charge in [0.05, 0.1) is 5.52 Å². The molecule has 0 saturated heterocycles. The molecule has 1 aromatic heterocycles. The Labute approximate surface area is 103 Å². The minimum Gasteiger partial charge on any atom is -0.295 e. The monoisotopic (exact) mass is 280 g/mol. The van der Waals surface area contributed by atoms with E-state index in [-0.39, 0.29) is 11.8 Å². The Morgan fingerprint density at radius 1 is 1.44 bits per heavy atom. The third-order valence-corrected chi connectivity index (χ3v) is 3.14. The fourth-order valence-corrected chi connectivity index (χ4v) is 2.22. The van der Waals surface area contributed by atoms with Crippen molar-refractivity contribution in [1.82, 2.24) is 9.78 Å². The molecule has 1 aromatic carbocycles.